The van der Waals surface area contributed by atoms with Crippen LogP contribution < -0.4 is 10.6 Å². The number of amides is 2. The Morgan fingerprint density at radius 2 is 1.94 bits per heavy atom. The molecular formula is C22H28N4O4S. The molecule has 2 aromatic rings. The highest BCUT2D eigenvalue weighted by Gasteiger charge is 2.46. The van der Waals surface area contributed by atoms with E-state index in [4.69, 9.17) is 0 Å². The molecule has 9 heteroatoms. The molecular weight excluding hydrogens is 416 g/mol. The van der Waals surface area contributed by atoms with E-state index >= 15 is 0 Å². The van der Waals surface area contributed by atoms with Gasteiger partial charge in [-0.25, -0.2) is 8.42 Å². The fourth-order valence-electron chi connectivity index (χ4n) is 4.47. The summed E-state index contributed by atoms with van der Waals surface area (Å²) in [6, 6.07) is 7.69. The number of hydrogen-bond donors (Lipinski definition) is 2. The highest BCUT2D eigenvalue weighted by Crippen LogP contribution is 2.34. The van der Waals surface area contributed by atoms with Crippen molar-refractivity contribution in [3.63, 3.8) is 0 Å². The van der Waals surface area contributed by atoms with E-state index in [0.29, 0.717) is 18.4 Å². The number of benzene rings is 1. The van der Waals surface area contributed by atoms with Gasteiger partial charge in [0, 0.05) is 30.6 Å². The van der Waals surface area contributed by atoms with Crippen LogP contribution in [0.2, 0.25) is 0 Å². The van der Waals surface area contributed by atoms with E-state index in [2.05, 4.69) is 15.6 Å². The maximum Gasteiger partial charge on any atom is 0.245 e. The van der Waals surface area contributed by atoms with Crippen LogP contribution in [-0.2, 0) is 19.6 Å². The zero-order valence-corrected chi connectivity index (χ0v) is 18.6. The number of para-hydroxylation sites is 1. The Bertz CT molecular complexity index is 1100. The van der Waals surface area contributed by atoms with Crippen LogP contribution in [0.15, 0.2) is 41.4 Å². The van der Waals surface area contributed by atoms with E-state index in [0.717, 1.165) is 18.2 Å². The molecule has 2 aliphatic rings. The third-order valence-electron chi connectivity index (χ3n) is 6.19. The average molecular weight is 445 g/mol. The molecule has 1 aliphatic heterocycles. The van der Waals surface area contributed by atoms with Crippen molar-refractivity contribution in [1.29, 1.82) is 0 Å². The Kier molecular flexibility index (Phi) is 5.74. The fourth-order valence-corrected chi connectivity index (χ4v) is 6.17. The Hall–Kier alpha value is -2.52. The molecule has 0 bridgehead atoms. The van der Waals surface area contributed by atoms with Crippen LogP contribution in [0, 0.1) is 5.92 Å². The lowest BCUT2D eigenvalue weighted by Gasteiger charge is -2.32. The first-order valence-corrected chi connectivity index (χ1v) is 12.1. The van der Waals surface area contributed by atoms with Crippen molar-refractivity contribution in [2.75, 3.05) is 13.1 Å². The van der Waals surface area contributed by atoms with Gasteiger partial charge in [-0.05, 0) is 25.0 Å². The lowest BCUT2D eigenvalue weighted by molar-refractivity contribution is -0.131. The van der Waals surface area contributed by atoms with Crippen molar-refractivity contribution >= 4 is 32.7 Å². The standard InChI is InChI=1S/C22H28N4O4S/c1-15(2)20(27)24-17-13-26(14-22(25-21(17)28)10-3-4-11-22)31(29,30)18-9-5-7-16-8-6-12-23-19(16)18/h5-9,12,15,17H,3-4,10-11,13-14H2,1-2H3,(H,24,27)(H,25,28). The minimum absolute atomic E-state index is 0.113. The van der Waals surface area contributed by atoms with Crippen LogP contribution in [0.25, 0.3) is 10.9 Å². The molecule has 1 unspecified atom stereocenters. The molecule has 166 valence electrons. The molecule has 1 saturated carbocycles. The van der Waals surface area contributed by atoms with Crippen molar-refractivity contribution in [2.45, 2.75) is 56.0 Å². The molecule has 1 aromatic heterocycles. The van der Waals surface area contributed by atoms with Crippen molar-refractivity contribution in [3.05, 3.63) is 36.5 Å². The third kappa shape index (κ3) is 4.16. The van der Waals surface area contributed by atoms with Gasteiger partial charge >= 0.3 is 0 Å². The Labute approximate surface area is 182 Å². The number of carbonyl (C=O) groups excluding carboxylic acids is 2. The number of rotatable bonds is 4. The first-order chi connectivity index (χ1) is 14.7. The van der Waals surface area contributed by atoms with Crippen molar-refractivity contribution in [2.24, 2.45) is 5.92 Å². The normalized spacial score (nSPS) is 21.9. The van der Waals surface area contributed by atoms with Gasteiger partial charge in [0.25, 0.3) is 0 Å². The second kappa shape index (κ2) is 8.20. The van der Waals surface area contributed by atoms with Gasteiger partial charge in [-0.1, -0.05) is 44.9 Å². The summed E-state index contributed by atoms with van der Waals surface area (Å²) >= 11 is 0. The molecule has 8 nitrogen and oxygen atoms in total. The summed E-state index contributed by atoms with van der Waals surface area (Å²) in [6.45, 7) is 3.54. The summed E-state index contributed by atoms with van der Waals surface area (Å²) in [4.78, 5) is 29.7. The Morgan fingerprint density at radius 1 is 1.23 bits per heavy atom. The summed E-state index contributed by atoms with van der Waals surface area (Å²) in [5.74, 6) is -0.930. The largest absolute Gasteiger partial charge is 0.348 e. The van der Waals surface area contributed by atoms with Crippen LogP contribution in [-0.4, -0.2) is 54.2 Å². The molecule has 2 heterocycles. The van der Waals surface area contributed by atoms with E-state index in [9.17, 15) is 18.0 Å². The minimum Gasteiger partial charge on any atom is -0.348 e. The SMILES string of the molecule is CC(C)C(=O)NC1CN(S(=O)(=O)c2cccc3cccnc23)CC2(CCCC2)NC1=O. The predicted molar refractivity (Wildman–Crippen MR) is 117 cm³/mol. The molecule has 2 amide bonds. The number of fused-ring (bicyclic) bond motifs is 1. The molecule has 2 N–H and O–H groups in total. The van der Waals surface area contributed by atoms with Gasteiger partial charge in [0.2, 0.25) is 21.8 Å². The molecule has 1 atom stereocenters. The van der Waals surface area contributed by atoms with Gasteiger partial charge in [-0.2, -0.15) is 4.31 Å². The molecule has 0 radical (unpaired) electrons. The van der Waals surface area contributed by atoms with Gasteiger partial charge in [-0.3, -0.25) is 14.6 Å². The zero-order chi connectivity index (χ0) is 22.2. The average Bonchev–Trinajstić information content (AvgIpc) is 3.14. The second-order valence-electron chi connectivity index (χ2n) is 8.82. The minimum atomic E-state index is -3.96. The number of carbonyl (C=O) groups is 2. The van der Waals surface area contributed by atoms with Crippen LogP contribution in [0.4, 0.5) is 0 Å². The third-order valence-corrected chi connectivity index (χ3v) is 8.03. The van der Waals surface area contributed by atoms with Crippen molar-refractivity contribution < 1.29 is 18.0 Å². The van der Waals surface area contributed by atoms with Gasteiger partial charge in [0.1, 0.15) is 10.9 Å². The molecule has 1 aliphatic carbocycles. The van der Waals surface area contributed by atoms with Crippen LogP contribution in [0.1, 0.15) is 39.5 Å². The number of pyridine rings is 1. The van der Waals surface area contributed by atoms with E-state index in [1.165, 1.54) is 4.31 Å². The quantitative estimate of drug-likeness (QED) is 0.748. The highest BCUT2D eigenvalue weighted by molar-refractivity contribution is 7.89. The second-order valence-corrected chi connectivity index (χ2v) is 10.7. The van der Waals surface area contributed by atoms with Crippen LogP contribution in [0.5, 0.6) is 0 Å². The molecule has 31 heavy (non-hydrogen) atoms. The first kappa shape index (κ1) is 21.7. The molecule has 1 aromatic carbocycles. The van der Waals surface area contributed by atoms with Crippen LogP contribution >= 0.6 is 0 Å². The van der Waals surface area contributed by atoms with E-state index in [-0.39, 0.29) is 35.7 Å². The zero-order valence-electron chi connectivity index (χ0n) is 17.8. The first-order valence-electron chi connectivity index (χ1n) is 10.7. The Balaban J connectivity index is 1.76. The lowest BCUT2D eigenvalue weighted by Crippen LogP contribution is -2.54. The number of nitrogens with zero attached hydrogens (tertiary/aromatic N) is 2. The molecule has 1 spiro atoms. The van der Waals surface area contributed by atoms with Gasteiger partial charge in [0.15, 0.2) is 0 Å². The summed E-state index contributed by atoms with van der Waals surface area (Å²) in [5.41, 5.74) is -0.212. The number of hydrogen-bond acceptors (Lipinski definition) is 5. The van der Waals surface area contributed by atoms with Gasteiger partial charge in [0.05, 0.1) is 11.1 Å². The van der Waals surface area contributed by atoms with E-state index in [1.54, 1.807) is 38.2 Å². The number of aromatic nitrogens is 1. The van der Waals surface area contributed by atoms with Crippen LogP contribution in [0.3, 0.4) is 0 Å². The maximum atomic E-state index is 13.8. The van der Waals surface area contributed by atoms with E-state index in [1.807, 2.05) is 12.1 Å². The molecule has 4 rings (SSSR count). The van der Waals surface area contributed by atoms with Gasteiger partial charge < -0.3 is 10.6 Å². The monoisotopic (exact) mass is 444 g/mol. The number of sulfonamides is 1. The summed E-state index contributed by atoms with van der Waals surface area (Å²) in [6.07, 6.45) is 4.84. The summed E-state index contributed by atoms with van der Waals surface area (Å²) in [7, 11) is -3.96. The summed E-state index contributed by atoms with van der Waals surface area (Å²) in [5, 5.41) is 6.53. The van der Waals surface area contributed by atoms with Gasteiger partial charge in [-0.15, -0.1) is 0 Å². The van der Waals surface area contributed by atoms with Crippen molar-refractivity contribution in [1.82, 2.24) is 19.9 Å². The predicted octanol–water partition coefficient (Wildman–Crippen LogP) is 1.81. The molecule has 2 fully saturated rings. The summed E-state index contributed by atoms with van der Waals surface area (Å²) < 4.78 is 29.0. The van der Waals surface area contributed by atoms with Crippen molar-refractivity contribution in [3.8, 4) is 0 Å². The Morgan fingerprint density at radius 3 is 2.65 bits per heavy atom. The lowest BCUT2D eigenvalue weighted by atomic mass is 9.98. The molecule has 1 saturated heterocycles. The maximum absolute atomic E-state index is 13.8. The van der Waals surface area contributed by atoms with E-state index < -0.39 is 21.6 Å². The fraction of sp³-hybridized carbons (Fsp3) is 0.500. The topological polar surface area (TPSA) is 108 Å². The number of nitrogens with one attached hydrogen (secondary N) is 2. The highest BCUT2D eigenvalue weighted by atomic mass is 32.2. The smallest absolute Gasteiger partial charge is 0.245 e.